The Balaban J connectivity index is 2.03. The summed E-state index contributed by atoms with van der Waals surface area (Å²) in [7, 11) is 0. The number of nitrogens with two attached hydrogens (primary N) is 2. The number of amides is 2. The number of benzene rings is 1. The minimum atomic E-state index is -0.511. The number of guanidine groups is 1. The molecule has 0 saturated carbocycles. The third-order valence-corrected chi connectivity index (χ3v) is 4.33. The summed E-state index contributed by atoms with van der Waals surface area (Å²) in [6, 6.07) is 7.44. The number of primary amides is 2. The Labute approximate surface area is 159 Å². The van der Waals surface area contributed by atoms with Crippen molar-refractivity contribution in [1.29, 1.82) is 0 Å². The molecule has 0 aliphatic carbocycles. The van der Waals surface area contributed by atoms with Crippen LogP contribution in [0.25, 0.3) is 0 Å². The molecule has 0 aromatic heterocycles. The van der Waals surface area contributed by atoms with Gasteiger partial charge in [0.25, 0.3) is 5.91 Å². The maximum atomic E-state index is 11.2. The van der Waals surface area contributed by atoms with Crippen molar-refractivity contribution < 1.29 is 14.3 Å². The molecular formula is C19H29N5O3. The van der Waals surface area contributed by atoms with E-state index in [1.54, 1.807) is 6.07 Å². The highest BCUT2D eigenvalue weighted by Gasteiger charge is 2.23. The number of carbonyl (C=O) groups is 2. The lowest BCUT2D eigenvalue weighted by molar-refractivity contribution is -0.120. The van der Waals surface area contributed by atoms with E-state index >= 15 is 0 Å². The first-order valence-electron chi connectivity index (χ1n) is 9.29. The van der Waals surface area contributed by atoms with E-state index in [-0.39, 0.29) is 18.4 Å². The Morgan fingerprint density at radius 1 is 1.33 bits per heavy atom. The molecule has 0 spiro atoms. The molecule has 1 unspecified atom stereocenters. The van der Waals surface area contributed by atoms with Gasteiger partial charge in [0, 0.05) is 26.1 Å². The smallest absolute Gasteiger partial charge is 0.255 e. The first-order valence-corrected chi connectivity index (χ1v) is 9.29. The van der Waals surface area contributed by atoms with Gasteiger partial charge < -0.3 is 26.4 Å². The van der Waals surface area contributed by atoms with Crippen LogP contribution in [0.5, 0.6) is 5.75 Å². The molecule has 2 amide bonds. The van der Waals surface area contributed by atoms with E-state index in [2.05, 4.69) is 10.2 Å². The summed E-state index contributed by atoms with van der Waals surface area (Å²) < 4.78 is 5.34. The third kappa shape index (κ3) is 7.16. The Bertz CT molecular complexity index is 677. The second kappa shape index (κ2) is 10.4. The van der Waals surface area contributed by atoms with E-state index in [1.807, 2.05) is 25.1 Å². The summed E-state index contributed by atoms with van der Waals surface area (Å²) in [5.74, 6) is 0.923. The van der Waals surface area contributed by atoms with Crippen molar-refractivity contribution >= 4 is 17.8 Å². The van der Waals surface area contributed by atoms with Crippen molar-refractivity contribution in [3.8, 4) is 5.75 Å². The molecule has 0 bridgehead atoms. The number of hydrogen-bond donors (Lipinski definition) is 3. The molecule has 1 saturated heterocycles. The van der Waals surface area contributed by atoms with Crippen LogP contribution in [0.2, 0.25) is 0 Å². The largest absolute Gasteiger partial charge is 0.484 e. The van der Waals surface area contributed by atoms with Gasteiger partial charge in [0.2, 0.25) is 5.91 Å². The zero-order valence-corrected chi connectivity index (χ0v) is 15.8. The van der Waals surface area contributed by atoms with E-state index in [1.165, 1.54) is 0 Å². The lowest BCUT2D eigenvalue weighted by Gasteiger charge is -2.34. The number of ether oxygens (including phenoxy) is 1. The molecule has 1 aromatic carbocycles. The zero-order chi connectivity index (χ0) is 19.6. The standard InChI is InChI=1S/C19H29N5O3/c1-2-22-19(24-8-4-6-15(12-24)10-17(20)25)23-11-14-5-3-7-16(9-14)27-13-18(21)26/h3,5,7,9,15H,2,4,6,8,10-13H2,1H3,(H2,20,25)(H2,21,26)(H,22,23). The molecule has 1 aromatic rings. The molecule has 1 atom stereocenters. The summed E-state index contributed by atoms with van der Waals surface area (Å²) >= 11 is 0. The molecule has 8 heteroatoms. The molecule has 1 fully saturated rings. The van der Waals surface area contributed by atoms with Crippen molar-refractivity contribution in [2.45, 2.75) is 32.7 Å². The van der Waals surface area contributed by atoms with E-state index in [4.69, 9.17) is 21.2 Å². The van der Waals surface area contributed by atoms with Crippen molar-refractivity contribution in [3.63, 3.8) is 0 Å². The monoisotopic (exact) mass is 375 g/mol. The normalized spacial score (nSPS) is 17.4. The van der Waals surface area contributed by atoms with Crippen molar-refractivity contribution in [1.82, 2.24) is 10.2 Å². The predicted octanol–water partition coefficient (Wildman–Crippen LogP) is 0.604. The second-order valence-corrected chi connectivity index (χ2v) is 6.70. The molecule has 1 heterocycles. The molecule has 1 aliphatic heterocycles. The predicted molar refractivity (Wildman–Crippen MR) is 104 cm³/mol. The van der Waals surface area contributed by atoms with Crippen LogP contribution in [-0.4, -0.2) is 48.9 Å². The fraction of sp³-hybridized carbons (Fsp3) is 0.526. The molecule has 1 aliphatic rings. The van der Waals surface area contributed by atoms with Gasteiger partial charge in [0.1, 0.15) is 5.75 Å². The molecule has 2 rings (SSSR count). The van der Waals surface area contributed by atoms with E-state index < -0.39 is 5.91 Å². The summed E-state index contributed by atoms with van der Waals surface area (Å²) in [5, 5.41) is 3.32. The number of piperidine rings is 1. The van der Waals surface area contributed by atoms with Gasteiger partial charge in [0.15, 0.2) is 12.6 Å². The highest BCUT2D eigenvalue weighted by Crippen LogP contribution is 2.20. The maximum Gasteiger partial charge on any atom is 0.255 e. The van der Waals surface area contributed by atoms with Crippen LogP contribution in [0.15, 0.2) is 29.3 Å². The fourth-order valence-corrected chi connectivity index (χ4v) is 3.19. The van der Waals surface area contributed by atoms with Crippen molar-refractivity contribution in [2.24, 2.45) is 22.4 Å². The van der Waals surface area contributed by atoms with Crippen LogP contribution in [0, 0.1) is 5.92 Å². The number of hydrogen-bond acceptors (Lipinski definition) is 4. The SMILES string of the molecule is CCNC(=NCc1cccc(OCC(N)=O)c1)N1CCCC(CC(N)=O)C1. The molecule has 27 heavy (non-hydrogen) atoms. The first-order chi connectivity index (χ1) is 13.0. The van der Waals surface area contributed by atoms with E-state index in [0.29, 0.717) is 18.7 Å². The van der Waals surface area contributed by atoms with Gasteiger partial charge in [0.05, 0.1) is 6.54 Å². The van der Waals surface area contributed by atoms with Crippen LogP contribution in [-0.2, 0) is 16.1 Å². The van der Waals surface area contributed by atoms with Gasteiger partial charge in [-0.05, 0) is 43.4 Å². The Hall–Kier alpha value is -2.77. The Morgan fingerprint density at radius 3 is 2.85 bits per heavy atom. The summed E-state index contributed by atoms with van der Waals surface area (Å²) in [5.41, 5.74) is 11.4. The number of aliphatic imine (C=N–C) groups is 1. The summed E-state index contributed by atoms with van der Waals surface area (Å²) in [4.78, 5) is 29.0. The molecular weight excluding hydrogens is 346 g/mol. The highest BCUT2D eigenvalue weighted by molar-refractivity contribution is 5.80. The second-order valence-electron chi connectivity index (χ2n) is 6.70. The molecule has 148 valence electrons. The zero-order valence-electron chi connectivity index (χ0n) is 15.8. The van der Waals surface area contributed by atoms with Gasteiger partial charge in [-0.25, -0.2) is 4.99 Å². The van der Waals surface area contributed by atoms with Crippen LogP contribution in [0.1, 0.15) is 31.7 Å². The number of likely N-dealkylation sites (tertiary alicyclic amines) is 1. The molecule has 8 nitrogen and oxygen atoms in total. The minimum absolute atomic E-state index is 0.148. The fourth-order valence-electron chi connectivity index (χ4n) is 3.19. The van der Waals surface area contributed by atoms with Crippen LogP contribution < -0.4 is 21.5 Å². The van der Waals surface area contributed by atoms with Gasteiger partial charge in [-0.1, -0.05) is 12.1 Å². The lowest BCUT2D eigenvalue weighted by atomic mass is 9.95. The maximum absolute atomic E-state index is 11.2. The van der Waals surface area contributed by atoms with Gasteiger partial charge in [-0.15, -0.1) is 0 Å². The van der Waals surface area contributed by atoms with Crippen LogP contribution >= 0.6 is 0 Å². The van der Waals surface area contributed by atoms with E-state index in [0.717, 1.165) is 44.0 Å². The number of rotatable bonds is 8. The highest BCUT2D eigenvalue weighted by atomic mass is 16.5. The Morgan fingerprint density at radius 2 is 2.15 bits per heavy atom. The van der Waals surface area contributed by atoms with E-state index in [9.17, 15) is 9.59 Å². The number of nitrogens with zero attached hydrogens (tertiary/aromatic N) is 2. The number of carbonyl (C=O) groups excluding carboxylic acids is 2. The van der Waals surface area contributed by atoms with Gasteiger partial charge in [-0.2, -0.15) is 0 Å². The molecule has 0 radical (unpaired) electrons. The summed E-state index contributed by atoms with van der Waals surface area (Å²) in [6.07, 6.45) is 2.44. The average Bonchev–Trinajstić information content (AvgIpc) is 2.63. The number of nitrogens with one attached hydrogen (secondary N) is 1. The first kappa shape index (κ1) is 20.5. The molecule has 5 N–H and O–H groups in total. The van der Waals surface area contributed by atoms with Crippen LogP contribution in [0.4, 0.5) is 0 Å². The average molecular weight is 375 g/mol. The van der Waals surface area contributed by atoms with Gasteiger partial charge >= 0.3 is 0 Å². The lowest BCUT2D eigenvalue weighted by Crippen LogP contribution is -2.47. The third-order valence-electron chi connectivity index (χ3n) is 4.33. The topological polar surface area (TPSA) is 123 Å². The quantitative estimate of drug-likeness (QED) is 0.454. The summed E-state index contributed by atoms with van der Waals surface area (Å²) in [6.45, 7) is 4.80. The minimum Gasteiger partial charge on any atom is -0.484 e. The van der Waals surface area contributed by atoms with Gasteiger partial charge in [-0.3, -0.25) is 9.59 Å². The van der Waals surface area contributed by atoms with Crippen molar-refractivity contribution in [2.75, 3.05) is 26.2 Å². The Kier molecular flexibility index (Phi) is 7.91. The van der Waals surface area contributed by atoms with Crippen LogP contribution in [0.3, 0.4) is 0 Å². The van der Waals surface area contributed by atoms with Crippen molar-refractivity contribution in [3.05, 3.63) is 29.8 Å².